The first kappa shape index (κ1) is 24.8. The Balaban J connectivity index is 4.42. The maximum atomic E-state index is 12.2. The van der Waals surface area contributed by atoms with Crippen molar-refractivity contribution in [2.24, 2.45) is 5.73 Å². The van der Waals surface area contributed by atoms with Gasteiger partial charge in [0.25, 0.3) is 0 Å². The topological polar surface area (TPSA) is 162 Å². The minimum atomic E-state index is -0.708. The van der Waals surface area contributed by atoms with Gasteiger partial charge in [-0.25, -0.2) is 0 Å². The van der Waals surface area contributed by atoms with Crippen molar-refractivity contribution in [2.45, 2.75) is 13.3 Å². The van der Waals surface area contributed by atoms with Gasteiger partial charge in [0.1, 0.15) is 0 Å². The number of carbonyl (C=O) groups is 6. The van der Waals surface area contributed by atoms with Crippen molar-refractivity contribution in [2.75, 3.05) is 53.9 Å². The standard InChI is InChI=1S/C16H28N6O6/c1-5-12(24)19-7-14(26)21(3)9-16(28)22(4)10-15(27)20(2)8-13(25)18-6-11(17)23/h5-10H2,1-4H3,(H2,17,23)(H,18,25)(H,19,24). The third kappa shape index (κ3) is 10.1. The maximum Gasteiger partial charge on any atom is 0.242 e. The second-order valence-corrected chi connectivity index (χ2v) is 6.12. The molecule has 0 rings (SSSR count). The van der Waals surface area contributed by atoms with Gasteiger partial charge in [-0.3, -0.25) is 28.8 Å². The zero-order valence-electron chi connectivity index (χ0n) is 16.6. The minimum absolute atomic E-state index is 0.220. The molecule has 12 heteroatoms. The average Bonchev–Trinajstić information content (AvgIpc) is 2.63. The van der Waals surface area contributed by atoms with Crippen LogP contribution in [0, 0.1) is 0 Å². The molecule has 0 aliphatic heterocycles. The van der Waals surface area contributed by atoms with Crippen molar-refractivity contribution >= 4 is 35.4 Å². The molecule has 0 unspecified atom stereocenters. The van der Waals surface area contributed by atoms with Gasteiger partial charge in [0, 0.05) is 27.6 Å². The van der Waals surface area contributed by atoms with E-state index in [1.54, 1.807) is 6.92 Å². The Kier molecular flexibility index (Phi) is 10.9. The molecule has 4 N–H and O–H groups in total. The fourth-order valence-electron chi connectivity index (χ4n) is 1.80. The van der Waals surface area contributed by atoms with Gasteiger partial charge in [0.2, 0.25) is 35.4 Å². The summed E-state index contributed by atoms with van der Waals surface area (Å²) >= 11 is 0. The molecule has 0 aromatic heterocycles. The summed E-state index contributed by atoms with van der Waals surface area (Å²) in [5.41, 5.74) is 4.91. The molecule has 0 aliphatic rings. The molecule has 0 spiro atoms. The second-order valence-electron chi connectivity index (χ2n) is 6.12. The fourth-order valence-corrected chi connectivity index (χ4v) is 1.80. The number of primary amides is 1. The van der Waals surface area contributed by atoms with E-state index in [2.05, 4.69) is 10.6 Å². The van der Waals surface area contributed by atoms with E-state index in [-0.39, 0.29) is 45.1 Å². The van der Waals surface area contributed by atoms with Crippen molar-refractivity contribution < 1.29 is 28.8 Å². The third-order valence-electron chi connectivity index (χ3n) is 3.62. The van der Waals surface area contributed by atoms with E-state index < -0.39 is 29.5 Å². The quantitative estimate of drug-likeness (QED) is 0.326. The van der Waals surface area contributed by atoms with Crippen LogP contribution in [-0.4, -0.2) is 104 Å². The van der Waals surface area contributed by atoms with Gasteiger partial charge in [0.05, 0.1) is 32.7 Å². The fraction of sp³-hybridized carbons (Fsp3) is 0.625. The highest BCUT2D eigenvalue weighted by atomic mass is 16.2. The normalized spacial score (nSPS) is 9.86. The van der Waals surface area contributed by atoms with Crippen molar-refractivity contribution in [3.63, 3.8) is 0 Å². The van der Waals surface area contributed by atoms with E-state index in [4.69, 9.17) is 5.73 Å². The number of hydrogen-bond acceptors (Lipinski definition) is 6. The molecule has 28 heavy (non-hydrogen) atoms. The number of nitrogens with one attached hydrogen (secondary N) is 2. The molecule has 0 aliphatic carbocycles. The molecule has 0 atom stereocenters. The highest BCUT2D eigenvalue weighted by molar-refractivity contribution is 5.91. The van der Waals surface area contributed by atoms with E-state index >= 15 is 0 Å². The number of nitrogens with zero attached hydrogens (tertiary/aromatic N) is 3. The van der Waals surface area contributed by atoms with Crippen LogP contribution in [0.5, 0.6) is 0 Å². The molecule has 0 aromatic rings. The van der Waals surface area contributed by atoms with E-state index in [0.717, 1.165) is 14.7 Å². The SMILES string of the molecule is CCC(=O)NCC(=O)N(C)CC(=O)N(C)CC(=O)N(C)CC(=O)NCC(N)=O. The molecule has 0 radical (unpaired) electrons. The lowest BCUT2D eigenvalue weighted by Gasteiger charge is -2.24. The van der Waals surface area contributed by atoms with Crippen LogP contribution in [0.15, 0.2) is 0 Å². The van der Waals surface area contributed by atoms with Crippen LogP contribution in [0.25, 0.3) is 0 Å². The van der Waals surface area contributed by atoms with E-state index in [1.807, 2.05) is 0 Å². The molecular weight excluding hydrogens is 372 g/mol. The lowest BCUT2D eigenvalue weighted by molar-refractivity contribution is -0.142. The van der Waals surface area contributed by atoms with E-state index in [9.17, 15) is 28.8 Å². The monoisotopic (exact) mass is 400 g/mol. The third-order valence-corrected chi connectivity index (χ3v) is 3.62. The average molecular weight is 400 g/mol. The predicted molar refractivity (Wildman–Crippen MR) is 98.4 cm³/mol. The van der Waals surface area contributed by atoms with Gasteiger partial charge >= 0.3 is 0 Å². The molecule has 6 amide bonds. The number of nitrogens with two attached hydrogens (primary N) is 1. The first-order valence-electron chi connectivity index (χ1n) is 8.51. The number of rotatable bonds is 11. The number of hydrogen-bond donors (Lipinski definition) is 3. The Morgan fingerprint density at radius 1 is 0.679 bits per heavy atom. The zero-order chi connectivity index (χ0) is 21.9. The van der Waals surface area contributed by atoms with Crippen LogP contribution in [0.3, 0.4) is 0 Å². The minimum Gasteiger partial charge on any atom is -0.368 e. The molecule has 158 valence electrons. The number of likely N-dealkylation sites (N-methyl/N-ethyl adjacent to an activating group) is 3. The zero-order valence-corrected chi connectivity index (χ0v) is 16.6. The predicted octanol–water partition coefficient (Wildman–Crippen LogP) is -3.51. The van der Waals surface area contributed by atoms with Crippen molar-refractivity contribution in [1.82, 2.24) is 25.3 Å². The summed E-state index contributed by atoms with van der Waals surface area (Å²) in [7, 11) is 4.16. The van der Waals surface area contributed by atoms with Gasteiger partial charge in [0.15, 0.2) is 0 Å². The second kappa shape index (κ2) is 12.3. The summed E-state index contributed by atoms with van der Waals surface area (Å²) in [5, 5.41) is 4.66. The Labute approximate surface area is 163 Å². The molecule has 0 aromatic carbocycles. The van der Waals surface area contributed by atoms with E-state index in [1.165, 1.54) is 21.1 Å². The Morgan fingerprint density at radius 3 is 1.57 bits per heavy atom. The lowest BCUT2D eigenvalue weighted by Crippen LogP contribution is -2.47. The molecule has 0 bridgehead atoms. The van der Waals surface area contributed by atoms with Crippen LogP contribution < -0.4 is 16.4 Å². The van der Waals surface area contributed by atoms with Gasteiger partial charge in [-0.2, -0.15) is 0 Å². The molecule has 0 saturated heterocycles. The Bertz CT molecular complexity index is 623. The van der Waals surface area contributed by atoms with Crippen LogP contribution >= 0.6 is 0 Å². The van der Waals surface area contributed by atoms with Gasteiger partial charge in [-0.15, -0.1) is 0 Å². The van der Waals surface area contributed by atoms with Crippen LogP contribution in [0.4, 0.5) is 0 Å². The molecule has 0 saturated carbocycles. The molecule has 12 nitrogen and oxygen atoms in total. The van der Waals surface area contributed by atoms with Crippen molar-refractivity contribution in [1.29, 1.82) is 0 Å². The summed E-state index contributed by atoms with van der Waals surface area (Å²) in [5.74, 6) is -2.99. The van der Waals surface area contributed by atoms with Gasteiger partial charge in [-0.05, 0) is 0 Å². The summed E-state index contributed by atoms with van der Waals surface area (Å²) < 4.78 is 0. The summed E-state index contributed by atoms with van der Waals surface area (Å²) in [6.07, 6.45) is 0.245. The van der Waals surface area contributed by atoms with Crippen molar-refractivity contribution in [3.05, 3.63) is 0 Å². The maximum absolute atomic E-state index is 12.2. The largest absolute Gasteiger partial charge is 0.368 e. The molecule has 0 heterocycles. The Hall–Kier alpha value is -3.18. The molecule has 0 fully saturated rings. The number of amides is 6. The summed E-state index contributed by atoms with van der Waals surface area (Å²) in [6, 6.07) is 0. The Morgan fingerprint density at radius 2 is 1.11 bits per heavy atom. The first-order valence-corrected chi connectivity index (χ1v) is 8.51. The highest BCUT2D eigenvalue weighted by Gasteiger charge is 2.20. The lowest BCUT2D eigenvalue weighted by atomic mass is 10.4. The van der Waals surface area contributed by atoms with Gasteiger partial charge < -0.3 is 31.1 Å². The highest BCUT2D eigenvalue weighted by Crippen LogP contribution is 1.94. The van der Waals surface area contributed by atoms with Crippen LogP contribution in [-0.2, 0) is 28.8 Å². The summed E-state index contributed by atoms with van der Waals surface area (Å²) in [6.45, 7) is 0.224. The van der Waals surface area contributed by atoms with Gasteiger partial charge in [-0.1, -0.05) is 6.92 Å². The first-order chi connectivity index (χ1) is 13.0. The smallest absolute Gasteiger partial charge is 0.242 e. The molecular formula is C16H28N6O6. The summed E-state index contributed by atoms with van der Waals surface area (Å²) in [4.78, 5) is 72.8. The van der Waals surface area contributed by atoms with Crippen LogP contribution in [0.1, 0.15) is 13.3 Å². The van der Waals surface area contributed by atoms with Crippen LogP contribution in [0.2, 0.25) is 0 Å². The van der Waals surface area contributed by atoms with Crippen molar-refractivity contribution in [3.8, 4) is 0 Å². The number of carbonyl (C=O) groups excluding carboxylic acids is 6. The van der Waals surface area contributed by atoms with E-state index in [0.29, 0.717) is 0 Å².